The molecule has 0 saturated heterocycles. The average molecular weight is 370 g/mol. The number of nitro benzene ring substituents is 1. The van der Waals surface area contributed by atoms with Crippen LogP contribution in [0.4, 0.5) is 5.69 Å². The summed E-state index contributed by atoms with van der Waals surface area (Å²) in [5.41, 5.74) is 6.58. The number of non-ortho nitro benzene ring substituents is 1. The number of benzene rings is 2. The molecule has 0 fully saturated rings. The summed E-state index contributed by atoms with van der Waals surface area (Å²) in [6.45, 7) is 0.439. The van der Waals surface area contributed by atoms with Gasteiger partial charge >= 0.3 is 0 Å². The molecule has 0 aliphatic heterocycles. The zero-order chi connectivity index (χ0) is 13.8. The third-order valence-corrected chi connectivity index (χ3v) is 3.33. The van der Waals surface area contributed by atoms with E-state index in [0.717, 1.165) is 5.56 Å². The number of nitrogens with two attached hydrogens (primary N) is 1. The first-order valence-electron chi connectivity index (χ1n) is 5.51. The maximum absolute atomic E-state index is 10.7. The molecule has 0 unspecified atom stereocenters. The Morgan fingerprint density at radius 1 is 1.26 bits per heavy atom. The van der Waals surface area contributed by atoms with E-state index in [2.05, 4.69) is 0 Å². The Morgan fingerprint density at radius 2 is 2.05 bits per heavy atom. The fourth-order valence-corrected chi connectivity index (χ4v) is 2.16. The molecule has 0 heterocycles. The lowest BCUT2D eigenvalue weighted by atomic mass is 10.2. The molecule has 0 spiro atoms. The van der Waals surface area contributed by atoms with Gasteiger partial charge in [0.15, 0.2) is 0 Å². The third kappa shape index (κ3) is 3.42. The minimum atomic E-state index is -0.430. The fraction of sp³-hybridized carbons (Fsp3) is 0.0769. The lowest BCUT2D eigenvalue weighted by Crippen LogP contribution is -1.96. The van der Waals surface area contributed by atoms with Crippen LogP contribution in [0, 0.1) is 13.7 Å². The molecule has 5 nitrogen and oxygen atoms in total. The van der Waals surface area contributed by atoms with E-state index < -0.39 is 4.92 Å². The predicted octanol–water partition coefficient (Wildman–Crippen LogP) is 3.45. The molecule has 2 aromatic carbocycles. The average Bonchev–Trinajstić information content (AvgIpc) is 2.41. The van der Waals surface area contributed by atoms with Gasteiger partial charge in [-0.2, -0.15) is 0 Å². The maximum atomic E-state index is 10.7. The first-order valence-corrected chi connectivity index (χ1v) is 6.59. The number of rotatable bonds is 4. The van der Waals surface area contributed by atoms with Crippen LogP contribution in [0.2, 0.25) is 0 Å². The van der Waals surface area contributed by atoms with Crippen LogP contribution in [0.25, 0.3) is 0 Å². The number of hydrogen-bond donors (Lipinski definition) is 1. The molecular weight excluding hydrogens is 359 g/mol. The van der Waals surface area contributed by atoms with Crippen molar-refractivity contribution in [1.82, 2.24) is 0 Å². The highest BCUT2D eigenvalue weighted by Gasteiger charge is 2.10. The van der Waals surface area contributed by atoms with Crippen molar-refractivity contribution < 1.29 is 9.66 Å². The van der Waals surface area contributed by atoms with Gasteiger partial charge in [0.25, 0.3) is 5.69 Å². The van der Waals surface area contributed by atoms with E-state index in [0.29, 0.717) is 21.6 Å². The van der Waals surface area contributed by atoms with Crippen LogP contribution in [-0.2, 0) is 6.54 Å². The molecule has 0 aromatic heterocycles. The summed E-state index contributed by atoms with van der Waals surface area (Å²) in [7, 11) is 0. The van der Waals surface area contributed by atoms with Crippen LogP contribution >= 0.6 is 22.6 Å². The molecule has 98 valence electrons. The lowest BCUT2D eigenvalue weighted by Gasteiger charge is -2.08. The van der Waals surface area contributed by atoms with Gasteiger partial charge in [-0.05, 0) is 46.4 Å². The first-order chi connectivity index (χ1) is 9.10. The van der Waals surface area contributed by atoms with Crippen LogP contribution in [-0.4, -0.2) is 4.92 Å². The SMILES string of the molecule is NCc1cccc(Oc2ccc([N+](=O)[O-])cc2I)c1. The molecule has 0 amide bonds. The zero-order valence-electron chi connectivity index (χ0n) is 9.88. The molecule has 19 heavy (non-hydrogen) atoms. The highest BCUT2D eigenvalue weighted by molar-refractivity contribution is 14.1. The Hall–Kier alpha value is -1.67. The van der Waals surface area contributed by atoms with Crippen LogP contribution < -0.4 is 10.5 Å². The summed E-state index contributed by atoms with van der Waals surface area (Å²) in [5, 5.41) is 10.7. The van der Waals surface area contributed by atoms with Gasteiger partial charge in [0.1, 0.15) is 11.5 Å². The zero-order valence-corrected chi connectivity index (χ0v) is 12.0. The second kappa shape index (κ2) is 5.98. The molecule has 0 radical (unpaired) electrons. The number of nitro groups is 1. The van der Waals surface area contributed by atoms with Crippen molar-refractivity contribution in [2.75, 3.05) is 0 Å². The van der Waals surface area contributed by atoms with Crippen molar-refractivity contribution in [3.05, 3.63) is 61.7 Å². The van der Waals surface area contributed by atoms with Crippen LogP contribution in [0.3, 0.4) is 0 Å². The molecule has 6 heteroatoms. The highest BCUT2D eigenvalue weighted by atomic mass is 127. The molecule has 0 bridgehead atoms. The lowest BCUT2D eigenvalue weighted by molar-refractivity contribution is -0.385. The first kappa shape index (κ1) is 13.8. The summed E-state index contributed by atoms with van der Waals surface area (Å²) in [4.78, 5) is 10.2. The Kier molecular flexibility index (Phi) is 4.33. The van der Waals surface area contributed by atoms with Gasteiger partial charge in [-0.25, -0.2) is 0 Å². The Morgan fingerprint density at radius 3 is 2.68 bits per heavy atom. The molecule has 2 rings (SSSR count). The topological polar surface area (TPSA) is 78.4 Å². The van der Waals surface area contributed by atoms with E-state index in [-0.39, 0.29) is 5.69 Å². The van der Waals surface area contributed by atoms with Gasteiger partial charge in [0.05, 0.1) is 8.49 Å². The largest absolute Gasteiger partial charge is 0.456 e. The van der Waals surface area contributed by atoms with E-state index in [1.54, 1.807) is 6.07 Å². The van der Waals surface area contributed by atoms with Crippen LogP contribution in [0.15, 0.2) is 42.5 Å². The number of ether oxygens (including phenoxy) is 1. The van der Waals surface area contributed by atoms with Crippen molar-refractivity contribution in [2.45, 2.75) is 6.54 Å². The quantitative estimate of drug-likeness (QED) is 0.508. The van der Waals surface area contributed by atoms with Crippen molar-refractivity contribution in [3.8, 4) is 11.5 Å². The van der Waals surface area contributed by atoms with Crippen LogP contribution in [0.5, 0.6) is 11.5 Å². The second-order valence-electron chi connectivity index (χ2n) is 3.83. The standard InChI is InChI=1S/C13H11IN2O3/c14-12-7-10(16(17)18)4-5-13(12)19-11-3-1-2-9(6-11)8-15/h1-7H,8,15H2. The minimum absolute atomic E-state index is 0.0486. The molecule has 2 aromatic rings. The minimum Gasteiger partial charge on any atom is -0.456 e. The monoisotopic (exact) mass is 370 g/mol. The number of halogens is 1. The van der Waals surface area contributed by atoms with E-state index in [1.165, 1.54) is 12.1 Å². The summed E-state index contributed by atoms with van der Waals surface area (Å²) < 4.78 is 6.39. The van der Waals surface area contributed by atoms with E-state index in [4.69, 9.17) is 10.5 Å². The van der Waals surface area contributed by atoms with Gasteiger partial charge in [-0.15, -0.1) is 0 Å². The van der Waals surface area contributed by atoms with Gasteiger partial charge in [0.2, 0.25) is 0 Å². The highest BCUT2D eigenvalue weighted by Crippen LogP contribution is 2.30. The summed E-state index contributed by atoms with van der Waals surface area (Å²) >= 11 is 2.01. The van der Waals surface area contributed by atoms with Crippen molar-refractivity contribution >= 4 is 28.3 Å². The number of nitrogens with zero attached hydrogens (tertiary/aromatic N) is 1. The van der Waals surface area contributed by atoms with E-state index in [1.807, 2.05) is 46.9 Å². The smallest absolute Gasteiger partial charge is 0.270 e. The maximum Gasteiger partial charge on any atom is 0.270 e. The van der Waals surface area contributed by atoms with Gasteiger partial charge in [-0.3, -0.25) is 10.1 Å². The summed E-state index contributed by atoms with van der Waals surface area (Å²) in [6, 6.07) is 11.9. The molecule has 2 N–H and O–H groups in total. The summed E-state index contributed by atoms with van der Waals surface area (Å²) in [5.74, 6) is 1.25. The predicted molar refractivity (Wildman–Crippen MR) is 80.2 cm³/mol. The molecule has 0 aliphatic rings. The molecular formula is C13H11IN2O3. The van der Waals surface area contributed by atoms with Crippen LogP contribution in [0.1, 0.15) is 5.56 Å². The Balaban J connectivity index is 2.25. The molecule has 0 saturated carbocycles. The number of hydrogen-bond acceptors (Lipinski definition) is 4. The Labute approximate surface area is 123 Å². The second-order valence-corrected chi connectivity index (χ2v) is 4.99. The Bertz CT molecular complexity index is 617. The fourth-order valence-electron chi connectivity index (χ4n) is 1.55. The van der Waals surface area contributed by atoms with Crippen molar-refractivity contribution in [2.24, 2.45) is 5.73 Å². The van der Waals surface area contributed by atoms with E-state index in [9.17, 15) is 10.1 Å². The van der Waals surface area contributed by atoms with Gasteiger partial charge in [-0.1, -0.05) is 12.1 Å². The molecule has 0 atom stereocenters. The van der Waals surface area contributed by atoms with Crippen molar-refractivity contribution in [3.63, 3.8) is 0 Å². The molecule has 0 aliphatic carbocycles. The third-order valence-electron chi connectivity index (χ3n) is 2.49. The normalized spacial score (nSPS) is 10.2. The summed E-state index contributed by atoms with van der Waals surface area (Å²) in [6.07, 6.45) is 0. The van der Waals surface area contributed by atoms with Gasteiger partial charge < -0.3 is 10.5 Å². The van der Waals surface area contributed by atoms with E-state index >= 15 is 0 Å². The van der Waals surface area contributed by atoms with Crippen molar-refractivity contribution in [1.29, 1.82) is 0 Å². The van der Waals surface area contributed by atoms with Gasteiger partial charge in [0, 0.05) is 18.7 Å².